The first-order valence-electron chi connectivity index (χ1n) is 5.88. The van der Waals surface area contributed by atoms with Crippen molar-refractivity contribution in [3.8, 4) is 0 Å². The van der Waals surface area contributed by atoms with E-state index in [4.69, 9.17) is 4.52 Å². The number of nitrogens with one attached hydrogen (secondary N) is 1. The van der Waals surface area contributed by atoms with Crippen molar-refractivity contribution in [2.75, 3.05) is 5.32 Å². The summed E-state index contributed by atoms with van der Waals surface area (Å²) >= 11 is 3.15. The van der Waals surface area contributed by atoms with E-state index in [0.29, 0.717) is 17.7 Å². The molecule has 96 valence electrons. The van der Waals surface area contributed by atoms with Crippen molar-refractivity contribution in [3.05, 3.63) is 11.7 Å². The van der Waals surface area contributed by atoms with E-state index in [9.17, 15) is 0 Å². The molecular weight excluding hydrogens is 270 g/mol. The normalized spacial score (nSPS) is 14.9. The van der Waals surface area contributed by atoms with Gasteiger partial charge in [0.25, 0.3) is 0 Å². The predicted molar refractivity (Wildman–Crippen MR) is 69.8 cm³/mol. The molecule has 8 heteroatoms. The molecule has 6 nitrogen and oxygen atoms in total. The predicted octanol–water partition coefficient (Wildman–Crippen LogP) is 2.35. The number of aryl methyl sites for hydroxylation is 1. The average Bonchev–Trinajstić information content (AvgIpc) is 2.91. The van der Waals surface area contributed by atoms with Gasteiger partial charge >= 0.3 is 0 Å². The van der Waals surface area contributed by atoms with E-state index in [2.05, 4.69) is 25.7 Å². The van der Waals surface area contributed by atoms with Crippen LogP contribution < -0.4 is 5.32 Å². The van der Waals surface area contributed by atoms with Crippen molar-refractivity contribution in [1.82, 2.24) is 20.3 Å². The van der Waals surface area contributed by atoms with E-state index in [-0.39, 0.29) is 0 Å². The summed E-state index contributed by atoms with van der Waals surface area (Å²) in [6.07, 6.45) is 3.27. The van der Waals surface area contributed by atoms with E-state index in [1.54, 1.807) is 23.1 Å². The Hall–Kier alpha value is -1.15. The summed E-state index contributed by atoms with van der Waals surface area (Å²) in [5, 5.41) is 16.3. The number of anilines is 1. The largest absolute Gasteiger partial charge is 0.357 e. The molecule has 0 spiro atoms. The molecule has 0 amide bonds. The summed E-state index contributed by atoms with van der Waals surface area (Å²) in [4.78, 5) is 4.25. The van der Waals surface area contributed by atoms with Crippen molar-refractivity contribution < 1.29 is 4.52 Å². The molecule has 0 radical (unpaired) electrons. The number of hydrogen-bond acceptors (Lipinski definition) is 8. The van der Waals surface area contributed by atoms with Gasteiger partial charge in [-0.2, -0.15) is 4.98 Å². The van der Waals surface area contributed by atoms with Crippen molar-refractivity contribution in [2.45, 2.75) is 42.3 Å². The Morgan fingerprint density at radius 2 is 2.33 bits per heavy atom. The van der Waals surface area contributed by atoms with Crippen LogP contribution in [0.1, 0.15) is 31.5 Å². The first-order valence-corrected chi connectivity index (χ1v) is 7.68. The van der Waals surface area contributed by atoms with Gasteiger partial charge in [0.1, 0.15) is 0 Å². The summed E-state index contributed by atoms with van der Waals surface area (Å²) < 4.78 is 6.04. The highest BCUT2D eigenvalue weighted by atomic mass is 32.2. The molecule has 1 saturated carbocycles. The third-order valence-electron chi connectivity index (χ3n) is 2.46. The fraction of sp³-hybridized carbons (Fsp3) is 0.600. The van der Waals surface area contributed by atoms with Crippen LogP contribution in [0, 0.1) is 0 Å². The maximum atomic E-state index is 5.12. The van der Waals surface area contributed by atoms with E-state index in [1.807, 2.05) is 6.92 Å². The SMILES string of the molecule is CCc1noc(CSc2nnc(NC3CC3)s2)n1. The molecule has 18 heavy (non-hydrogen) atoms. The van der Waals surface area contributed by atoms with Crippen LogP contribution in [0.5, 0.6) is 0 Å². The summed E-state index contributed by atoms with van der Waals surface area (Å²) in [7, 11) is 0. The van der Waals surface area contributed by atoms with Crippen molar-refractivity contribution >= 4 is 28.2 Å². The van der Waals surface area contributed by atoms with Crippen LogP contribution in [0.3, 0.4) is 0 Å². The van der Waals surface area contributed by atoms with Crippen molar-refractivity contribution in [2.24, 2.45) is 0 Å². The molecule has 0 aliphatic heterocycles. The van der Waals surface area contributed by atoms with Gasteiger partial charge in [-0.05, 0) is 12.8 Å². The van der Waals surface area contributed by atoms with E-state index in [0.717, 1.165) is 21.7 Å². The third kappa shape index (κ3) is 2.99. The lowest BCUT2D eigenvalue weighted by Crippen LogP contribution is -1.99. The summed E-state index contributed by atoms with van der Waals surface area (Å²) in [5.74, 6) is 2.04. The van der Waals surface area contributed by atoms with E-state index in [1.165, 1.54) is 12.8 Å². The second-order valence-electron chi connectivity index (χ2n) is 4.04. The molecule has 0 bridgehead atoms. The maximum absolute atomic E-state index is 5.12. The van der Waals surface area contributed by atoms with Gasteiger partial charge in [-0.15, -0.1) is 10.2 Å². The van der Waals surface area contributed by atoms with Crippen LogP contribution in [-0.2, 0) is 12.2 Å². The Morgan fingerprint density at radius 1 is 1.44 bits per heavy atom. The minimum atomic E-state index is 0.610. The maximum Gasteiger partial charge on any atom is 0.237 e. The fourth-order valence-electron chi connectivity index (χ4n) is 1.34. The first kappa shape index (κ1) is 11.9. The molecular formula is C10H13N5OS2. The Kier molecular flexibility index (Phi) is 3.46. The number of nitrogens with zero attached hydrogens (tertiary/aromatic N) is 4. The van der Waals surface area contributed by atoms with Crippen LogP contribution in [-0.4, -0.2) is 26.4 Å². The number of rotatable bonds is 6. The lowest BCUT2D eigenvalue weighted by molar-refractivity contribution is 0.385. The molecule has 0 atom stereocenters. The molecule has 2 aromatic heterocycles. The van der Waals surface area contributed by atoms with Gasteiger partial charge in [-0.1, -0.05) is 35.2 Å². The third-order valence-corrected chi connectivity index (χ3v) is 4.43. The Labute approximate surface area is 113 Å². The molecule has 1 fully saturated rings. The van der Waals surface area contributed by atoms with Crippen LogP contribution in [0.15, 0.2) is 8.86 Å². The zero-order valence-corrected chi connectivity index (χ0v) is 11.6. The quantitative estimate of drug-likeness (QED) is 0.815. The van der Waals surface area contributed by atoms with Gasteiger partial charge in [-0.25, -0.2) is 0 Å². The lowest BCUT2D eigenvalue weighted by Gasteiger charge is -1.94. The topological polar surface area (TPSA) is 76.7 Å². The molecule has 0 aromatic carbocycles. The van der Waals surface area contributed by atoms with Crippen molar-refractivity contribution in [3.63, 3.8) is 0 Å². The van der Waals surface area contributed by atoms with E-state index < -0.39 is 0 Å². The zero-order valence-electron chi connectivity index (χ0n) is 9.92. The Balaban J connectivity index is 1.53. The second-order valence-corrected chi connectivity index (χ2v) is 6.24. The summed E-state index contributed by atoms with van der Waals surface area (Å²) in [6.45, 7) is 2.00. The molecule has 2 heterocycles. The van der Waals surface area contributed by atoms with Gasteiger partial charge < -0.3 is 9.84 Å². The van der Waals surface area contributed by atoms with Crippen molar-refractivity contribution in [1.29, 1.82) is 0 Å². The van der Waals surface area contributed by atoms with Gasteiger partial charge in [0.15, 0.2) is 10.2 Å². The second kappa shape index (κ2) is 5.23. The molecule has 0 saturated heterocycles. The standard InChI is InChI=1S/C10H13N5OS2/c1-2-7-12-8(16-15-7)5-17-10-14-13-9(18-10)11-6-3-4-6/h6H,2-5H2,1H3,(H,11,13). The molecule has 2 aromatic rings. The zero-order chi connectivity index (χ0) is 12.4. The highest BCUT2D eigenvalue weighted by molar-refractivity contribution is 8.00. The molecule has 1 aliphatic rings. The molecule has 0 unspecified atom stereocenters. The lowest BCUT2D eigenvalue weighted by atomic mass is 10.5. The van der Waals surface area contributed by atoms with Crippen LogP contribution in [0.2, 0.25) is 0 Å². The van der Waals surface area contributed by atoms with Crippen LogP contribution in [0.4, 0.5) is 5.13 Å². The molecule has 1 N–H and O–H groups in total. The minimum Gasteiger partial charge on any atom is -0.357 e. The monoisotopic (exact) mass is 283 g/mol. The van der Waals surface area contributed by atoms with Gasteiger partial charge in [-0.3, -0.25) is 0 Å². The number of hydrogen-bond donors (Lipinski definition) is 1. The van der Waals surface area contributed by atoms with E-state index >= 15 is 0 Å². The number of thioether (sulfide) groups is 1. The van der Waals surface area contributed by atoms with Crippen LogP contribution in [0.25, 0.3) is 0 Å². The Bertz CT molecular complexity index is 522. The summed E-state index contributed by atoms with van der Waals surface area (Å²) in [5.41, 5.74) is 0. The molecule has 1 aliphatic carbocycles. The highest BCUT2D eigenvalue weighted by Crippen LogP contribution is 2.31. The Morgan fingerprint density at radius 3 is 3.06 bits per heavy atom. The van der Waals surface area contributed by atoms with Gasteiger partial charge in [0, 0.05) is 12.5 Å². The smallest absolute Gasteiger partial charge is 0.237 e. The van der Waals surface area contributed by atoms with Crippen LogP contribution >= 0.6 is 23.1 Å². The van der Waals surface area contributed by atoms with Gasteiger partial charge in [0.05, 0.1) is 5.75 Å². The summed E-state index contributed by atoms with van der Waals surface area (Å²) in [6, 6.07) is 0.610. The fourth-order valence-corrected chi connectivity index (χ4v) is 3.01. The average molecular weight is 283 g/mol. The highest BCUT2D eigenvalue weighted by Gasteiger charge is 2.22. The number of aromatic nitrogens is 4. The van der Waals surface area contributed by atoms with Gasteiger partial charge in [0.2, 0.25) is 11.0 Å². The minimum absolute atomic E-state index is 0.610. The first-order chi connectivity index (χ1) is 8.83. The molecule has 3 rings (SSSR count).